The molecule has 0 aliphatic carbocycles. The van der Waals surface area contributed by atoms with Gasteiger partial charge in [-0.2, -0.15) is 0 Å². The Morgan fingerprint density at radius 1 is 0.409 bits per heavy atom. The Bertz CT molecular complexity index is 530. The summed E-state index contributed by atoms with van der Waals surface area (Å²) in [7, 11) is -0.877. The summed E-state index contributed by atoms with van der Waals surface area (Å²) in [6, 6.07) is 32.5. The third-order valence-electron chi connectivity index (χ3n) is 3.19. The standard InChI is InChI=1S/C18H15P.2CH3.Pd/c1-4-10-16(11-5-1)19(17-12-6-2-7-13-17)18-14-8-3-9-15-18;;;/h1-15H;2*1H3;/q;2*-1;+2/p+1. The van der Waals surface area contributed by atoms with Gasteiger partial charge in [-0.1, -0.05) is 54.6 Å². The molecule has 0 heterocycles. The largest absolute Gasteiger partial charge is 2.00 e. The minimum absolute atomic E-state index is 0. The molecule has 0 atom stereocenters. The van der Waals surface area contributed by atoms with Crippen molar-refractivity contribution < 1.29 is 20.4 Å². The summed E-state index contributed by atoms with van der Waals surface area (Å²) in [5, 5.41) is 4.31. The predicted molar refractivity (Wildman–Crippen MR) is 99.4 cm³/mol. The van der Waals surface area contributed by atoms with Gasteiger partial charge in [0.1, 0.15) is 15.9 Å². The fourth-order valence-electron chi connectivity index (χ4n) is 2.31. The summed E-state index contributed by atoms with van der Waals surface area (Å²) in [4.78, 5) is 0. The van der Waals surface area contributed by atoms with Crippen molar-refractivity contribution in [1.82, 2.24) is 0 Å². The summed E-state index contributed by atoms with van der Waals surface area (Å²) < 4.78 is 0. The number of hydrogen-bond acceptors (Lipinski definition) is 0. The molecule has 3 aromatic rings. The third-order valence-corrected chi connectivity index (χ3v) is 5.92. The molecule has 0 nitrogen and oxygen atoms in total. The quantitative estimate of drug-likeness (QED) is 0.354. The van der Waals surface area contributed by atoms with Crippen LogP contribution in [0.2, 0.25) is 0 Å². The van der Waals surface area contributed by atoms with E-state index in [1.807, 2.05) is 0 Å². The van der Waals surface area contributed by atoms with Crippen LogP contribution in [0.5, 0.6) is 0 Å². The van der Waals surface area contributed by atoms with Gasteiger partial charge in [-0.3, -0.25) is 0 Å². The molecule has 3 aromatic carbocycles. The van der Waals surface area contributed by atoms with Gasteiger partial charge in [0.2, 0.25) is 0 Å². The molecule has 3 rings (SSSR count). The molecule has 0 unspecified atom stereocenters. The molecule has 22 heavy (non-hydrogen) atoms. The second-order valence-corrected chi connectivity index (χ2v) is 6.96. The normalized spacial score (nSPS) is 9.14. The fraction of sp³-hybridized carbons (Fsp3) is 0. The first-order valence-electron chi connectivity index (χ1n) is 6.48. The first kappa shape index (κ1) is 20.8. The van der Waals surface area contributed by atoms with Crippen molar-refractivity contribution in [2.75, 3.05) is 0 Å². The molecule has 0 aromatic heterocycles. The molecule has 0 saturated carbocycles. The Hall–Kier alpha value is -1.25. The fourth-order valence-corrected chi connectivity index (χ4v) is 4.89. The molecule has 0 aliphatic heterocycles. The van der Waals surface area contributed by atoms with Crippen molar-refractivity contribution >= 4 is 23.8 Å². The topological polar surface area (TPSA) is 0 Å². The van der Waals surface area contributed by atoms with E-state index in [0.29, 0.717) is 0 Å². The zero-order valence-corrected chi connectivity index (χ0v) is 15.5. The third kappa shape index (κ3) is 4.89. The predicted octanol–water partition coefficient (Wildman–Crippen LogP) is 4.08. The number of hydrogen-bond donors (Lipinski definition) is 0. The number of rotatable bonds is 3. The van der Waals surface area contributed by atoms with Crippen molar-refractivity contribution in [2.45, 2.75) is 0 Å². The Morgan fingerprint density at radius 2 is 0.636 bits per heavy atom. The van der Waals surface area contributed by atoms with E-state index in [1.165, 1.54) is 15.9 Å². The maximum atomic E-state index is 2.24. The van der Waals surface area contributed by atoms with Gasteiger partial charge in [0.15, 0.2) is 0 Å². The van der Waals surface area contributed by atoms with Crippen molar-refractivity contribution in [3.63, 3.8) is 0 Å². The van der Waals surface area contributed by atoms with Gasteiger partial charge in [-0.05, 0) is 36.4 Å². The van der Waals surface area contributed by atoms with E-state index in [2.05, 4.69) is 91.0 Å². The molecule has 0 bridgehead atoms. The zero-order chi connectivity index (χ0) is 12.9. The maximum Gasteiger partial charge on any atom is 2.00 e. The molecule has 0 amide bonds. The molecule has 0 radical (unpaired) electrons. The minimum Gasteiger partial charge on any atom is -0.358 e. The van der Waals surface area contributed by atoms with Crippen molar-refractivity contribution in [3.05, 3.63) is 106 Å². The van der Waals surface area contributed by atoms with Crippen LogP contribution in [0.4, 0.5) is 0 Å². The van der Waals surface area contributed by atoms with E-state index in [1.54, 1.807) is 0 Å². The molecule has 116 valence electrons. The van der Waals surface area contributed by atoms with Crippen LogP contribution in [0.15, 0.2) is 91.0 Å². The molecular formula is C20H22PPd+. The van der Waals surface area contributed by atoms with Gasteiger partial charge in [0, 0.05) is 0 Å². The van der Waals surface area contributed by atoms with Crippen LogP contribution in [0.25, 0.3) is 0 Å². The van der Waals surface area contributed by atoms with E-state index < -0.39 is 7.92 Å². The molecule has 0 N–H and O–H groups in total. The van der Waals surface area contributed by atoms with E-state index in [-0.39, 0.29) is 35.3 Å². The van der Waals surface area contributed by atoms with Gasteiger partial charge < -0.3 is 14.9 Å². The van der Waals surface area contributed by atoms with Gasteiger partial charge in [-0.15, -0.1) is 0 Å². The summed E-state index contributed by atoms with van der Waals surface area (Å²) >= 11 is 0. The van der Waals surface area contributed by atoms with Crippen LogP contribution in [0.1, 0.15) is 0 Å². The summed E-state index contributed by atoms with van der Waals surface area (Å²) in [6.45, 7) is 0. The smallest absolute Gasteiger partial charge is 0.358 e. The van der Waals surface area contributed by atoms with Gasteiger partial charge >= 0.3 is 20.4 Å². The maximum absolute atomic E-state index is 2.24. The van der Waals surface area contributed by atoms with Crippen LogP contribution < -0.4 is 15.9 Å². The van der Waals surface area contributed by atoms with Crippen LogP contribution in [0.3, 0.4) is 0 Å². The van der Waals surface area contributed by atoms with Crippen LogP contribution in [-0.2, 0) is 20.4 Å². The molecule has 2 heteroatoms. The van der Waals surface area contributed by atoms with E-state index in [0.717, 1.165) is 0 Å². The molecule has 0 spiro atoms. The van der Waals surface area contributed by atoms with Crippen molar-refractivity contribution in [2.24, 2.45) is 0 Å². The number of benzene rings is 3. The Morgan fingerprint density at radius 3 is 0.864 bits per heavy atom. The summed E-state index contributed by atoms with van der Waals surface area (Å²) in [5.74, 6) is 0. The summed E-state index contributed by atoms with van der Waals surface area (Å²) in [5.41, 5.74) is 0. The molecule has 0 aliphatic rings. The SMILES string of the molecule is [CH3-].[CH3-].[Pd+2].c1ccc([PH+](c2ccccc2)c2ccccc2)cc1. The van der Waals surface area contributed by atoms with Gasteiger partial charge in [-0.25, -0.2) is 0 Å². The van der Waals surface area contributed by atoms with E-state index in [9.17, 15) is 0 Å². The Balaban J connectivity index is 0.00000147. The van der Waals surface area contributed by atoms with Crippen LogP contribution >= 0.6 is 7.92 Å². The first-order chi connectivity index (χ1) is 9.45. The van der Waals surface area contributed by atoms with Gasteiger partial charge in [0.25, 0.3) is 0 Å². The molecule has 0 fully saturated rings. The van der Waals surface area contributed by atoms with Crippen LogP contribution in [-0.4, -0.2) is 0 Å². The first-order valence-corrected chi connectivity index (χ1v) is 7.98. The average molecular weight is 400 g/mol. The second kappa shape index (κ2) is 10.5. The average Bonchev–Trinajstić information content (AvgIpc) is 2.51. The Labute approximate surface area is 150 Å². The monoisotopic (exact) mass is 399 g/mol. The van der Waals surface area contributed by atoms with E-state index in [4.69, 9.17) is 0 Å². The van der Waals surface area contributed by atoms with Crippen molar-refractivity contribution in [3.8, 4) is 0 Å². The van der Waals surface area contributed by atoms with Gasteiger partial charge in [0.05, 0.1) is 7.92 Å². The van der Waals surface area contributed by atoms with Crippen molar-refractivity contribution in [1.29, 1.82) is 0 Å². The van der Waals surface area contributed by atoms with Crippen LogP contribution in [0, 0.1) is 14.9 Å². The summed E-state index contributed by atoms with van der Waals surface area (Å²) in [6.07, 6.45) is 0. The second-order valence-electron chi connectivity index (χ2n) is 4.47. The minimum atomic E-state index is -0.877. The van der Waals surface area contributed by atoms with E-state index >= 15 is 0 Å². The Kier molecular flexibility index (Phi) is 9.88. The zero-order valence-electron chi connectivity index (χ0n) is 13.0. The molecule has 0 saturated heterocycles. The molecular weight excluding hydrogens is 378 g/mol.